The van der Waals surface area contributed by atoms with E-state index in [9.17, 15) is 4.79 Å². The molecule has 0 aliphatic rings. The number of primary amides is 1. The quantitative estimate of drug-likeness (QED) is 0.635. The molecule has 0 saturated heterocycles. The van der Waals surface area contributed by atoms with Gasteiger partial charge in [0.15, 0.2) is 0 Å². The van der Waals surface area contributed by atoms with E-state index in [4.69, 9.17) is 11.5 Å². The minimum atomic E-state index is -0.400. The van der Waals surface area contributed by atoms with Crippen LogP contribution in [0.15, 0.2) is 18.2 Å². The Balaban J connectivity index is 2.35. The molecule has 1 amide bonds. The standard InChI is InChI=1S/C10H13N5O/c1-15(5-9(12)16)10-13-7-3-2-6(11)4-8(7)14-10/h2-4H,5,11H2,1H3,(H2,12,16)(H,13,14). The molecule has 0 bridgehead atoms. The zero-order valence-electron chi connectivity index (χ0n) is 8.90. The molecule has 1 aromatic carbocycles. The lowest BCUT2D eigenvalue weighted by Gasteiger charge is -2.12. The smallest absolute Gasteiger partial charge is 0.237 e. The van der Waals surface area contributed by atoms with Gasteiger partial charge in [-0.15, -0.1) is 0 Å². The molecule has 0 radical (unpaired) electrons. The third kappa shape index (κ3) is 1.90. The number of nitrogen functional groups attached to an aromatic ring is 1. The Bertz CT molecular complexity index is 533. The summed E-state index contributed by atoms with van der Waals surface area (Å²) in [5.74, 6) is 0.196. The Morgan fingerprint density at radius 3 is 3.00 bits per heavy atom. The van der Waals surface area contributed by atoms with E-state index >= 15 is 0 Å². The van der Waals surface area contributed by atoms with Crippen molar-refractivity contribution in [2.75, 3.05) is 24.2 Å². The van der Waals surface area contributed by atoms with Crippen molar-refractivity contribution in [1.82, 2.24) is 9.97 Å². The zero-order valence-corrected chi connectivity index (χ0v) is 8.90. The fourth-order valence-electron chi connectivity index (χ4n) is 1.50. The summed E-state index contributed by atoms with van der Waals surface area (Å²) in [4.78, 5) is 19.8. The third-order valence-electron chi connectivity index (χ3n) is 2.25. The highest BCUT2D eigenvalue weighted by Gasteiger charge is 2.09. The lowest BCUT2D eigenvalue weighted by Crippen LogP contribution is -2.31. The van der Waals surface area contributed by atoms with E-state index in [0.29, 0.717) is 11.6 Å². The van der Waals surface area contributed by atoms with Crippen molar-refractivity contribution >= 4 is 28.6 Å². The van der Waals surface area contributed by atoms with Gasteiger partial charge in [0, 0.05) is 12.7 Å². The van der Waals surface area contributed by atoms with Gasteiger partial charge in [-0.05, 0) is 18.2 Å². The van der Waals surface area contributed by atoms with E-state index in [1.807, 2.05) is 6.07 Å². The predicted octanol–water partition coefficient (Wildman–Crippen LogP) is 0.0666. The number of amides is 1. The van der Waals surface area contributed by atoms with Crippen molar-refractivity contribution in [1.29, 1.82) is 0 Å². The average Bonchev–Trinajstić information content (AvgIpc) is 2.59. The molecule has 0 atom stereocenters. The van der Waals surface area contributed by atoms with Crippen molar-refractivity contribution < 1.29 is 4.79 Å². The van der Waals surface area contributed by atoms with Crippen molar-refractivity contribution in [3.05, 3.63) is 18.2 Å². The molecule has 0 aliphatic heterocycles. The number of fused-ring (bicyclic) bond motifs is 1. The highest BCUT2D eigenvalue weighted by molar-refractivity contribution is 5.82. The molecule has 0 spiro atoms. The molecule has 6 nitrogen and oxygen atoms in total. The topological polar surface area (TPSA) is 101 Å². The number of rotatable bonds is 3. The molecule has 0 fully saturated rings. The molecule has 6 heteroatoms. The van der Waals surface area contributed by atoms with Gasteiger partial charge < -0.3 is 21.4 Å². The number of nitrogens with two attached hydrogens (primary N) is 2. The highest BCUT2D eigenvalue weighted by atomic mass is 16.1. The lowest BCUT2D eigenvalue weighted by atomic mass is 10.3. The molecule has 1 aromatic heterocycles. The van der Waals surface area contributed by atoms with Gasteiger partial charge in [-0.3, -0.25) is 4.79 Å². The summed E-state index contributed by atoms with van der Waals surface area (Å²) >= 11 is 0. The largest absolute Gasteiger partial charge is 0.399 e. The van der Waals surface area contributed by atoms with Crippen molar-refractivity contribution in [3.63, 3.8) is 0 Å². The highest BCUT2D eigenvalue weighted by Crippen LogP contribution is 2.18. The second kappa shape index (κ2) is 3.73. The first kappa shape index (κ1) is 10.3. The second-order valence-electron chi connectivity index (χ2n) is 3.66. The monoisotopic (exact) mass is 219 g/mol. The maximum Gasteiger partial charge on any atom is 0.237 e. The lowest BCUT2D eigenvalue weighted by molar-refractivity contribution is -0.116. The van der Waals surface area contributed by atoms with E-state index in [1.54, 1.807) is 24.1 Å². The van der Waals surface area contributed by atoms with Crippen LogP contribution in [0.5, 0.6) is 0 Å². The van der Waals surface area contributed by atoms with Gasteiger partial charge >= 0.3 is 0 Å². The number of aromatic amines is 1. The number of imidazole rings is 1. The molecule has 2 rings (SSSR count). The minimum Gasteiger partial charge on any atom is -0.399 e. The Hall–Kier alpha value is -2.24. The van der Waals surface area contributed by atoms with Gasteiger partial charge in [-0.1, -0.05) is 0 Å². The van der Waals surface area contributed by atoms with Gasteiger partial charge in [-0.2, -0.15) is 0 Å². The molecule has 0 unspecified atom stereocenters. The van der Waals surface area contributed by atoms with Crippen LogP contribution in [0.3, 0.4) is 0 Å². The van der Waals surface area contributed by atoms with E-state index < -0.39 is 5.91 Å². The van der Waals surface area contributed by atoms with Crippen LogP contribution < -0.4 is 16.4 Å². The van der Waals surface area contributed by atoms with Crippen LogP contribution in [0.4, 0.5) is 11.6 Å². The Morgan fingerprint density at radius 1 is 1.56 bits per heavy atom. The minimum absolute atomic E-state index is 0.120. The number of anilines is 2. The molecular weight excluding hydrogens is 206 g/mol. The van der Waals surface area contributed by atoms with Gasteiger partial charge in [-0.25, -0.2) is 4.98 Å². The van der Waals surface area contributed by atoms with Crippen LogP contribution in [-0.4, -0.2) is 29.5 Å². The van der Waals surface area contributed by atoms with Crippen LogP contribution >= 0.6 is 0 Å². The molecule has 1 heterocycles. The number of H-pyrrole nitrogens is 1. The Kier molecular flexibility index (Phi) is 2.40. The maximum absolute atomic E-state index is 10.8. The average molecular weight is 219 g/mol. The van der Waals surface area contributed by atoms with Crippen LogP contribution in [0.1, 0.15) is 0 Å². The molecule has 84 valence electrons. The van der Waals surface area contributed by atoms with Crippen LogP contribution in [0.25, 0.3) is 11.0 Å². The molecule has 16 heavy (non-hydrogen) atoms. The predicted molar refractivity (Wildman–Crippen MR) is 63.0 cm³/mol. The van der Waals surface area contributed by atoms with Gasteiger partial charge in [0.2, 0.25) is 11.9 Å². The van der Waals surface area contributed by atoms with E-state index in [0.717, 1.165) is 11.0 Å². The normalized spacial score (nSPS) is 10.6. The fraction of sp³-hybridized carbons (Fsp3) is 0.200. The van der Waals surface area contributed by atoms with Crippen LogP contribution in [0, 0.1) is 0 Å². The second-order valence-corrected chi connectivity index (χ2v) is 3.66. The first-order chi connectivity index (χ1) is 7.56. The summed E-state index contributed by atoms with van der Waals surface area (Å²) in [6, 6.07) is 5.40. The zero-order chi connectivity index (χ0) is 11.7. The Labute approximate surface area is 92.2 Å². The molecule has 5 N–H and O–H groups in total. The fourth-order valence-corrected chi connectivity index (χ4v) is 1.50. The van der Waals surface area contributed by atoms with E-state index in [1.165, 1.54) is 0 Å². The summed E-state index contributed by atoms with van der Waals surface area (Å²) in [5.41, 5.74) is 13.1. The number of hydrogen-bond acceptors (Lipinski definition) is 4. The van der Waals surface area contributed by atoms with Crippen LogP contribution in [0.2, 0.25) is 0 Å². The first-order valence-corrected chi connectivity index (χ1v) is 4.81. The molecular formula is C10H13N5O. The summed E-state index contributed by atoms with van der Waals surface area (Å²) in [6.45, 7) is 0.120. The van der Waals surface area contributed by atoms with Gasteiger partial charge in [0.25, 0.3) is 0 Å². The van der Waals surface area contributed by atoms with Crippen molar-refractivity contribution in [3.8, 4) is 0 Å². The number of likely N-dealkylation sites (N-methyl/N-ethyl adjacent to an activating group) is 1. The number of aromatic nitrogens is 2. The number of hydrogen-bond donors (Lipinski definition) is 3. The van der Waals surface area contributed by atoms with Gasteiger partial charge in [0.1, 0.15) is 0 Å². The SMILES string of the molecule is CN(CC(N)=O)c1nc2ccc(N)cc2[nH]1. The number of carbonyl (C=O) groups excluding carboxylic acids is 1. The number of carbonyl (C=O) groups is 1. The van der Waals surface area contributed by atoms with E-state index in [-0.39, 0.29) is 6.54 Å². The summed E-state index contributed by atoms with van der Waals surface area (Å²) < 4.78 is 0. The number of nitrogens with zero attached hydrogens (tertiary/aromatic N) is 2. The summed E-state index contributed by atoms with van der Waals surface area (Å²) in [6.07, 6.45) is 0. The maximum atomic E-state index is 10.8. The van der Waals surface area contributed by atoms with Crippen LogP contribution in [-0.2, 0) is 4.79 Å². The van der Waals surface area contributed by atoms with E-state index in [2.05, 4.69) is 9.97 Å². The third-order valence-corrected chi connectivity index (χ3v) is 2.25. The Morgan fingerprint density at radius 2 is 2.31 bits per heavy atom. The van der Waals surface area contributed by atoms with Crippen molar-refractivity contribution in [2.24, 2.45) is 5.73 Å². The molecule has 0 saturated carbocycles. The van der Waals surface area contributed by atoms with Gasteiger partial charge in [0.05, 0.1) is 17.6 Å². The number of nitrogens with one attached hydrogen (secondary N) is 1. The first-order valence-electron chi connectivity index (χ1n) is 4.81. The molecule has 2 aromatic rings. The summed E-state index contributed by atoms with van der Waals surface area (Å²) in [7, 11) is 1.74. The van der Waals surface area contributed by atoms with Crippen molar-refractivity contribution in [2.45, 2.75) is 0 Å². The summed E-state index contributed by atoms with van der Waals surface area (Å²) in [5, 5.41) is 0. The number of benzene rings is 1. The molecule has 0 aliphatic carbocycles.